The van der Waals surface area contributed by atoms with Gasteiger partial charge in [-0.15, -0.1) is 0 Å². The molecule has 188 valence electrons. The third-order valence-corrected chi connectivity index (χ3v) is 11.1. The summed E-state index contributed by atoms with van der Waals surface area (Å²) in [6.07, 6.45) is 6.81. The second-order valence-corrected chi connectivity index (χ2v) is 15.6. The van der Waals surface area contributed by atoms with E-state index in [9.17, 15) is 34.8 Å². The molecule has 6 atom stereocenters. The number of fused-ring (bicyclic) bond motifs is 4. The van der Waals surface area contributed by atoms with Crippen LogP contribution >= 0.6 is 7.81 Å². The Bertz CT molecular complexity index is 795. The number of hydrogen-bond acceptors (Lipinski definition) is 3. The van der Waals surface area contributed by atoms with Crippen LogP contribution < -0.4 is 0 Å². The number of ether oxygens (including phenoxy) is 1. The van der Waals surface area contributed by atoms with Crippen molar-refractivity contribution < 1.29 is 39.5 Å². The van der Waals surface area contributed by atoms with Crippen molar-refractivity contribution >= 4 is 30.5 Å². The van der Waals surface area contributed by atoms with Crippen molar-refractivity contribution in [2.45, 2.75) is 89.2 Å². The van der Waals surface area contributed by atoms with Crippen LogP contribution in [-0.2, 0) is 25.2 Å². The summed E-state index contributed by atoms with van der Waals surface area (Å²) in [5.74, 6) is 2.23. The van der Waals surface area contributed by atoms with E-state index in [1.807, 2.05) is 20.8 Å². The second-order valence-electron chi connectivity index (χ2n) is 11.3. The van der Waals surface area contributed by atoms with Gasteiger partial charge in [-0.3, -0.25) is 4.79 Å². The van der Waals surface area contributed by atoms with Crippen LogP contribution in [0.3, 0.4) is 0 Å². The molecule has 3 nitrogen and oxygen atoms in total. The van der Waals surface area contributed by atoms with Gasteiger partial charge in [0.05, 0.1) is 5.41 Å². The number of rotatable bonds is 3. The number of esters is 1. The number of carbonyl (C=O) groups excluding carboxylic acids is 2. The van der Waals surface area contributed by atoms with Gasteiger partial charge in [-0.1, -0.05) is 13.8 Å². The average molecular weight is 511 g/mol. The molecule has 0 aromatic carbocycles. The van der Waals surface area contributed by atoms with Crippen molar-refractivity contribution in [3.63, 3.8) is 0 Å². The third kappa shape index (κ3) is 5.42. The Morgan fingerprint density at radius 2 is 1.66 bits per heavy atom. The zero-order valence-corrected chi connectivity index (χ0v) is 20.8. The number of halogens is 6. The average Bonchev–Trinajstić information content (AvgIpc) is 3.21. The Balaban J connectivity index is 0.000000360. The molecule has 1 aliphatic heterocycles. The first kappa shape index (κ1) is 26.1. The van der Waals surface area contributed by atoms with Crippen LogP contribution in [-0.4, -0.2) is 33.6 Å². The van der Waals surface area contributed by atoms with Crippen LogP contribution in [0.1, 0.15) is 73.1 Å². The Kier molecular flexibility index (Phi) is 5.73. The van der Waals surface area contributed by atoms with Crippen LogP contribution in [0.2, 0.25) is 0 Å². The number of ketones is 1. The standard InChI is InChI=1S/C21H33O3S.F6P/c1-19(2,3)24-17(23)12-25-15-7-6-13(10-15)18(25)21-9-8-14(11-16(21)22)20(21,4)5;1-7(2,3,4,5)6/h13-15,18H,6-12H2,1-5H3;/q+1;-1/t13-,14-,15+,18+,21+,25?;/m1./s1. The fraction of sp³-hybridized carbons (Fsp3) is 0.905. The molecule has 0 radical (unpaired) electrons. The van der Waals surface area contributed by atoms with E-state index in [1.54, 1.807) is 0 Å². The van der Waals surface area contributed by atoms with Gasteiger partial charge in [0.2, 0.25) is 5.75 Å². The zero-order valence-electron chi connectivity index (χ0n) is 19.1. The second kappa shape index (κ2) is 7.02. The molecule has 3 saturated carbocycles. The number of hydrogen-bond donors (Lipinski definition) is 0. The molecule has 0 amide bonds. The Morgan fingerprint density at radius 3 is 2.09 bits per heavy atom. The summed E-state index contributed by atoms with van der Waals surface area (Å²) in [6.45, 7) is 10.5. The predicted molar refractivity (Wildman–Crippen MR) is 115 cm³/mol. The van der Waals surface area contributed by atoms with Gasteiger partial charge in [-0.2, -0.15) is 0 Å². The van der Waals surface area contributed by atoms with E-state index in [0.717, 1.165) is 12.8 Å². The predicted octanol–water partition coefficient (Wildman–Crippen LogP) is 7.28. The van der Waals surface area contributed by atoms with E-state index < -0.39 is 13.4 Å². The fourth-order valence-corrected chi connectivity index (χ4v) is 10.6. The molecule has 4 aliphatic rings. The minimum absolute atomic E-state index is 0.0170. The molecule has 0 N–H and O–H groups in total. The summed E-state index contributed by atoms with van der Waals surface area (Å²) in [4.78, 5) is 25.8. The van der Waals surface area contributed by atoms with Gasteiger partial charge in [0, 0.05) is 29.7 Å². The van der Waals surface area contributed by atoms with Gasteiger partial charge in [-0.05, 0) is 57.8 Å². The summed E-state index contributed by atoms with van der Waals surface area (Å²) in [7, 11) is -10.6. The molecule has 4 fully saturated rings. The molecule has 0 aromatic rings. The van der Waals surface area contributed by atoms with Crippen LogP contribution in [0.15, 0.2) is 0 Å². The first-order valence-corrected chi connectivity index (χ1v) is 14.6. The first-order chi connectivity index (χ1) is 14.0. The van der Waals surface area contributed by atoms with Crippen LogP contribution in [0, 0.1) is 22.7 Å². The van der Waals surface area contributed by atoms with E-state index in [4.69, 9.17) is 4.74 Å². The molecule has 32 heavy (non-hydrogen) atoms. The molecule has 3 aliphatic carbocycles. The fourth-order valence-electron chi connectivity index (χ4n) is 6.73. The molecule has 1 saturated heterocycles. The van der Waals surface area contributed by atoms with E-state index in [0.29, 0.717) is 33.9 Å². The maximum atomic E-state index is 13.2. The summed E-state index contributed by atoms with van der Waals surface area (Å²) in [5, 5.41) is 1.09. The molecular weight excluding hydrogens is 477 g/mol. The maximum absolute atomic E-state index is 13.2. The van der Waals surface area contributed by atoms with Crippen LogP contribution in [0.4, 0.5) is 25.2 Å². The molecule has 11 heteroatoms. The molecule has 0 aromatic heterocycles. The molecule has 4 rings (SSSR count). The van der Waals surface area contributed by atoms with E-state index in [1.165, 1.54) is 25.7 Å². The SMILES string of the molecule is CC(C)(C)OC(=O)C[S+]1[C@H]2CC[C@H](C2)[C@H]1[C@]12CC[C@H](CC1=O)C2(C)C.F[P-](F)(F)(F)(F)F. The van der Waals surface area contributed by atoms with E-state index >= 15 is 0 Å². The van der Waals surface area contributed by atoms with Crippen molar-refractivity contribution in [3.8, 4) is 0 Å². The molecule has 1 heterocycles. The van der Waals surface area contributed by atoms with Crippen molar-refractivity contribution in [3.05, 3.63) is 0 Å². The molecule has 1 unspecified atom stereocenters. The van der Waals surface area contributed by atoms with Gasteiger partial charge in [-0.25, -0.2) is 4.79 Å². The number of carbonyl (C=O) groups is 2. The topological polar surface area (TPSA) is 43.4 Å². The minimum atomic E-state index is -10.7. The van der Waals surface area contributed by atoms with E-state index in [2.05, 4.69) is 13.8 Å². The molecule has 0 spiro atoms. The van der Waals surface area contributed by atoms with Gasteiger partial charge in [0.15, 0.2) is 0 Å². The summed E-state index contributed by atoms with van der Waals surface area (Å²) in [5.41, 5.74) is -0.463. The van der Waals surface area contributed by atoms with E-state index in [-0.39, 0.29) is 27.7 Å². The summed E-state index contributed by atoms with van der Waals surface area (Å²) < 4.78 is 64.9. The van der Waals surface area contributed by atoms with Crippen molar-refractivity contribution in [2.24, 2.45) is 22.7 Å². The zero-order chi connectivity index (χ0) is 24.6. The normalized spacial score (nSPS) is 39.8. The Labute approximate surface area is 188 Å². The van der Waals surface area contributed by atoms with Gasteiger partial charge in [0.25, 0.3) is 0 Å². The van der Waals surface area contributed by atoms with Gasteiger partial charge in [0.1, 0.15) is 21.9 Å². The summed E-state index contributed by atoms with van der Waals surface area (Å²) in [6, 6.07) is 0. The Morgan fingerprint density at radius 1 is 1.09 bits per heavy atom. The Hall–Kier alpha value is -0.500. The van der Waals surface area contributed by atoms with Gasteiger partial charge >= 0.3 is 39.0 Å². The third-order valence-electron chi connectivity index (χ3n) is 7.78. The monoisotopic (exact) mass is 510 g/mol. The first-order valence-electron chi connectivity index (χ1n) is 11.0. The summed E-state index contributed by atoms with van der Waals surface area (Å²) >= 11 is 0. The number of Topliss-reactive ketones (excluding diaryl/α,β-unsaturated/α-hetero) is 1. The van der Waals surface area contributed by atoms with Crippen molar-refractivity contribution in [1.82, 2.24) is 0 Å². The van der Waals surface area contributed by atoms with Crippen molar-refractivity contribution in [2.75, 3.05) is 5.75 Å². The molecule has 4 bridgehead atoms. The van der Waals surface area contributed by atoms with Crippen LogP contribution in [0.25, 0.3) is 0 Å². The quantitative estimate of drug-likeness (QED) is 0.174. The van der Waals surface area contributed by atoms with Crippen LogP contribution in [0.5, 0.6) is 0 Å². The molecular formula is C21H33F6O3PS. The van der Waals surface area contributed by atoms with Crippen molar-refractivity contribution in [1.29, 1.82) is 0 Å². The van der Waals surface area contributed by atoms with Gasteiger partial charge < -0.3 is 4.74 Å².